The molecule has 0 bridgehead atoms. The van der Waals surface area contributed by atoms with E-state index in [9.17, 15) is 13.2 Å². The number of rotatable bonds is 10. The topological polar surface area (TPSA) is 75.7 Å². The first kappa shape index (κ1) is 23.1. The number of sulfonamides is 1. The molecule has 2 aromatic carbocycles. The van der Waals surface area contributed by atoms with E-state index in [2.05, 4.69) is 5.32 Å². The van der Waals surface area contributed by atoms with Gasteiger partial charge in [-0.05, 0) is 55.5 Å². The Labute approximate surface area is 177 Å². The van der Waals surface area contributed by atoms with E-state index in [0.717, 1.165) is 16.9 Å². The van der Waals surface area contributed by atoms with Gasteiger partial charge in [0.15, 0.2) is 0 Å². The average molecular weight is 437 g/mol. The quantitative estimate of drug-likeness (QED) is 0.560. The molecular formula is C21H28N2O4S2. The van der Waals surface area contributed by atoms with Crippen LogP contribution in [-0.2, 0) is 14.8 Å². The first-order chi connectivity index (χ1) is 13.8. The average Bonchev–Trinajstić information content (AvgIpc) is 2.68. The number of amides is 1. The summed E-state index contributed by atoms with van der Waals surface area (Å²) in [6, 6.07) is 13.4. The van der Waals surface area contributed by atoms with Crippen LogP contribution in [0.15, 0.2) is 53.4 Å². The summed E-state index contributed by atoms with van der Waals surface area (Å²) in [7, 11) is -3.69. The highest BCUT2D eigenvalue weighted by Gasteiger charge is 2.31. The van der Waals surface area contributed by atoms with Gasteiger partial charge in [-0.25, -0.2) is 8.42 Å². The van der Waals surface area contributed by atoms with Gasteiger partial charge >= 0.3 is 0 Å². The van der Waals surface area contributed by atoms with E-state index in [1.165, 1.54) is 4.31 Å². The molecule has 0 spiro atoms. The Balaban J connectivity index is 2.35. The smallest absolute Gasteiger partial charge is 0.248 e. The molecule has 1 N–H and O–H groups in total. The van der Waals surface area contributed by atoms with Crippen molar-refractivity contribution in [2.24, 2.45) is 0 Å². The van der Waals surface area contributed by atoms with E-state index in [0.29, 0.717) is 30.2 Å². The number of ether oxygens (including phenoxy) is 1. The van der Waals surface area contributed by atoms with Crippen molar-refractivity contribution in [1.82, 2.24) is 0 Å². The Hall–Kier alpha value is -2.19. The van der Waals surface area contributed by atoms with Gasteiger partial charge in [0.2, 0.25) is 15.9 Å². The van der Waals surface area contributed by atoms with Gasteiger partial charge in [0.25, 0.3) is 0 Å². The van der Waals surface area contributed by atoms with Gasteiger partial charge in [0.1, 0.15) is 11.8 Å². The fourth-order valence-corrected chi connectivity index (χ4v) is 4.96. The number of thioether (sulfide) groups is 1. The van der Waals surface area contributed by atoms with Crippen molar-refractivity contribution in [1.29, 1.82) is 0 Å². The summed E-state index contributed by atoms with van der Waals surface area (Å²) in [6.45, 7) is 6.23. The fraction of sp³-hybridized carbons (Fsp3) is 0.381. The zero-order chi connectivity index (χ0) is 21.4. The number of nitrogens with one attached hydrogen (secondary N) is 1. The van der Waals surface area contributed by atoms with Crippen molar-refractivity contribution in [2.75, 3.05) is 28.2 Å². The lowest BCUT2D eigenvalue weighted by Crippen LogP contribution is -2.47. The van der Waals surface area contributed by atoms with Crippen molar-refractivity contribution >= 4 is 39.1 Å². The van der Waals surface area contributed by atoms with Crippen molar-refractivity contribution in [2.45, 2.75) is 38.1 Å². The monoisotopic (exact) mass is 436 g/mol. The first-order valence-corrected chi connectivity index (χ1v) is 12.4. The minimum Gasteiger partial charge on any atom is -0.494 e. The maximum atomic E-state index is 13.1. The lowest BCUT2D eigenvalue weighted by Gasteiger charge is -2.30. The standard InChI is InChI=1S/C21H28N2O4S2/c1-5-19(21(24)22-18-10-8-9-11-20(18)28-7-3)23(29(4,25)26)16-12-14-17(15-13-16)27-6-2/h8-15,19H,5-7H2,1-4H3,(H,22,24)/t19-/m0/s1. The summed E-state index contributed by atoms with van der Waals surface area (Å²) < 4.78 is 31.8. The third kappa shape index (κ3) is 6.14. The second-order valence-corrected chi connectivity index (χ2v) is 9.49. The minimum absolute atomic E-state index is 0.329. The molecule has 0 aliphatic rings. The van der Waals surface area contributed by atoms with Crippen LogP contribution in [0.25, 0.3) is 0 Å². The van der Waals surface area contributed by atoms with E-state index >= 15 is 0 Å². The Morgan fingerprint density at radius 3 is 2.31 bits per heavy atom. The molecule has 0 saturated heterocycles. The Bertz CT molecular complexity index is 915. The molecule has 0 heterocycles. The van der Waals surface area contributed by atoms with Crippen LogP contribution in [0.3, 0.4) is 0 Å². The van der Waals surface area contributed by atoms with Crippen LogP contribution >= 0.6 is 11.8 Å². The number of hydrogen-bond acceptors (Lipinski definition) is 5. The minimum atomic E-state index is -3.69. The zero-order valence-corrected chi connectivity index (χ0v) is 18.8. The van der Waals surface area contributed by atoms with Crippen LogP contribution in [-0.4, -0.2) is 39.0 Å². The summed E-state index contributed by atoms with van der Waals surface area (Å²) in [5, 5.41) is 2.91. The van der Waals surface area contributed by atoms with Crippen LogP contribution in [0.1, 0.15) is 27.2 Å². The Morgan fingerprint density at radius 2 is 1.76 bits per heavy atom. The summed E-state index contributed by atoms with van der Waals surface area (Å²) in [5.74, 6) is 1.15. The molecule has 29 heavy (non-hydrogen) atoms. The molecule has 0 saturated carbocycles. The molecule has 158 valence electrons. The molecule has 6 nitrogen and oxygen atoms in total. The highest BCUT2D eigenvalue weighted by Crippen LogP contribution is 2.29. The number of para-hydroxylation sites is 1. The largest absolute Gasteiger partial charge is 0.494 e. The normalized spacial score (nSPS) is 12.3. The summed E-state index contributed by atoms with van der Waals surface area (Å²) in [4.78, 5) is 14.0. The van der Waals surface area contributed by atoms with E-state index in [-0.39, 0.29) is 5.91 Å². The summed E-state index contributed by atoms with van der Waals surface area (Å²) >= 11 is 1.62. The molecule has 2 rings (SSSR count). The Kier molecular flexibility index (Phi) is 8.40. The second kappa shape index (κ2) is 10.5. The highest BCUT2D eigenvalue weighted by atomic mass is 32.2. The fourth-order valence-electron chi connectivity index (χ4n) is 2.98. The maximum Gasteiger partial charge on any atom is 0.248 e. The van der Waals surface area contributed by atoms with Crippen molar-refractivity contribution in [3.8, 4) is 5.75 Å². The number of hydrogen-bond donors (Lipinski definition) is 1. The van der Waals surface area contributed by atoms with Crippen molar-refractivity contribution in [3.05, 3.63) is 48.5 Å². The number of carbonyl (C=O) groups excluding carboxylic acids is 1. The molecule has 0 aromatic heterocycles. The molecular weight excluding hydrogens is 408 g/mol. The van der Waals surface area contributed by atoms with Gasteiger partial charge in [0, 0.05) is 4.90 Å². The molecule has 0 aliphatic heterocycles. The van der Waals surface area contributed by atoms with E-state index in [1.54, 1.807) is 43.0 Å². The summed E-state index contributed by atoms with van der Waals surface area (Å²) in [5.41, 5.74) is 1.11. The number of carbonyl (C=O) groups is 1. The number of anilines is 2. The van der Waals surface area contributed by atoms with Gasteiger partial charge < -0.3 is 10.1 Å². The van der Waals surface area contributed by atoms with Crippen LogP contribution in [0.5, 0.6) is 5.75 Å². The molecule has 1 amide bonds. The van der Waals surface area contributed by atoms with Crippen LogP contribution in [0.2, 0.25) is 0 Å². The molecule has 0 unspecified atom stereocenters. The molecule has 0 aliphatic carbocycles. The maximum absolute atomic E-state index is 13.1. The van der Waals surface area contributed by atoms with E-state index in [4.69, 9.17) is 4.74 Å². The molecule has 2 aromatic rings. The van der Waals surface area contributed by atoms with Gasteiger partial charge in [-0.2, -0.15) is 0 Å². The molecule has 8 heteroatoms. The highest BCUT2D eigenvalue weighted by molar-refractivity contribution is 7.99. The van der Waals surface area contributed by atoms with Crippen LogP contribution < -0.4 is 14.4 Å². The molecule has 1 atom stereocenters. The van der Waals surface area contributed by atoms with Crippen molar-refractivity contribution < 1.29 is 17.9 Å². The van der Waals surface area contributed by atoms with E-state index in [1.807, 2.05) is 38.1 Å². The third-order valence-corrected chi connectivity index (χ3v) is 6.31. The Morgan fingerprint density at radius 1 is 1.10 bits per heavy atom. The van der Waals surface area contributed by atoms with Gasteiger partial charge in [0.05, 0.1) is 24.2 Å². The SMILES string of the molecule is CCOc1ccc(N([C@@H](CC)C(=O)Nc2ccccc2SCC)S(C)(=O)=O)cc1. The number of benzene rings is 2. The first-order valence-electron chi connectivity index (χ1n) is 9.56. The van der Waals surface area contributed by atoms with Gasteiger partial charge in [-0.1, -0.05) is 26.0 Å². The molecule has 0 radical (unpaired) electrons. The third-order valence-electron chi connectivity index (χ3n) is 4.18. The van der Waals surface area contributed by atoms with Gasteiger partial charge in [-0.3, -0.25) is 9.10 Å². The molecule has 0 fully saturated rings. The van der Waals surface area contributed by atoms with Crippen LogP contribution in [0.4, 0.5) is 11.4 Å². The van der Waals surface area contributed by atoms with Crippen LogP contribution in [0, 0.1) is 0 Å². The lowest BCUT2D eigenvalue weighted by molar-refractivity contribution is -0.117. The predicted molar refractivity (Wildman–Crippen MR) is 120 cm³/mol. The van der Waals surface area contributed by atoms with Crippen molar-refractivity contribution in [3.63, 3.8) is 0 Å². The second-order valence-electron chi connectivity index (χ2n) is 6.33. The summed E-state index contributed by atoms with van der Waals surface area (Å²) in [6.07, 6.45) is 1.44. The lowest BCUT2D eigenvalue weighted by atomic mass is 10.1. The zero-order valence-electron chi connectivity index (χ0n) is 17.2. The number of nitrogens with zero attached hydrogens (tertiary/aromatic N) is 1. The van der Waals surface area contributed by atoms with Gasteiger partial charge in [-0.15, -0.1) is 11.8 Å². The van der Waals surface area contributed by atoms with E-state index < -0.39 is 16.1 Å². The predicted octanol–water partition coefficient (Wildman–Crippen LogP) is 4.38.